The summed E-state index contributed by atoms with van der Waals surface area (Å²) in [5, 5.41) is 9.46. The molecule has 1 aliphatic carbocycles. The number of esters is 1. The fourth-order valence-corrected chi connectivity index (χ4v) is 2.33. The molecule has 3 heteroatoms. The molecule has 88 valence electrons. The van der Waals surface area contributed by atoms with Crippen molar-refractivity contribution < 1.29 is 14.6 Å². The van der Waals surface area contributed by atoms with E-state index in [1.165, 1.54) is 20.0 Å². The smallest absolute Gasteiger partial charge is 0.305 e. The van der Waals surface area contributed by atoms with E-state index < -0.39 is 0 Å². The maximum absolute atomic E-state index is 11.1. The van der Waals surface area contributed by atoms with Crippen LogP contribution in [0.5, 0.6) is 0 Å². The first-order chi connectivity index (χ1) is 7.12. The lowest BCUT2D eigenvalue weighted by atomic mass is 9.69. The number of aliphatic hydroxyl groups excluding tert-OH is 1. The van der Waals surface area contributed by atoms with Crippen molar-refractivity contribution in [2.75, 3.05) is 13.7 Å². The predicted molar refractivity (Wildman–Crippen MR) is 58.4 cm³/mol. The van der Waals surface area contributed by atoms with Crippen LogP contribution in [-0.2, 0) is 9.53 Å². The van der Waals surface area contributed by atoms with Gasteiger partial charge in [-0.05, 0) is 30.6 Å². The fourth-order valence-electron chi connectivity index (χ4n) is 2.33. The summed E-state index contributed by atoms with van der Waals surface area (Å²) >= 11 is 0. The summed E-state index contributed by atoms with van der Waals surface area (Å²) in [4.78, 5) is 11.1. The molecule has 0 radical (unpaired) electrons. The summed E-state index contributed by atoms with van der Waals surface area (Å²) in [7, 11) is 1.41. The molecular weight excluding hydrogens is 192 g/mol. The zero-order valence-electron chi connectivity index (χ0n) is 9.79. The number of aliphatic hydroxyl groups is 1. The summed E-state index contributed by atoms with van der Waals surface area (Å²) < 4.78 is 4.63. The van der Waals surface area contributed by atoms with Crippen molar-refractivity contribution in [3.05, 3.63) is 0 Å². The highest BCUT2D eigenvalue weighted by molar-refractivity contribution is 5.69. The molecule has 0 aliphatic heterocycles. The van der Waals surface area contributed by atoms with Crippen molar-refractivity contribution in [1.82, 2.24) is 0 Å². The molecule has 1 rings (SSSR count). The SMILES string of the molecule is COC(=O)CCC1(CO)CCC(C)CC1. The van der Waals surface area contributed by atoms with Crippen LogP contribution in [0, 0.1) is 11.3 Å². The minimum Gasteiger partial charge on any atom is -0.469 e. The summed E-state index contributed by atoms with van der Waals surface area (Å²) in [6.07, 6.45) is 5.63. The molecule has 15 heavy (non-hydrogen) atoms. The van der Waals surface area contributed by atoms with Crippen LogP contribution in [0.25, 0.3) is 0 Å². The Kier molecular flexibility index (Phi) is 4.58. The van der Waals surface area contributed by atoms with Crippen molar-refractivity contribution in [2.45, 2.75) is 45.4 Å². The summed E-state index contributed by atoms with van der Waals surface area (Å²) in [6.45, 7) is 2.46. The van der Waals surface area contributed by atoms with E-state index in [0.29, 0.717) is 6.42 Å². The van der Waals surface area contributed by atoms with Gasteiger partial charge < -0.3 is 9.84 Å². The summed E-state index contributed by atoms with van der Waals surface area (Å²) in [5.74, 6) is 0.601. The molecule has 0 atom stereocenters. The lowest BCUT2D eigenvalue weighted by Gasteiger charge is -2.37. The number of rotatable bonds is 4. The van der Waals surface area contributed by atoms with E-state index in [1.807, 2.05) is 0 Å². The highest BCUT2D eigenvalue weighted by atomic mass is 16.5. The zero-order valence-corrected chi connectivity index (χ0v) is 9.79. The van der Waals surface area contributed by atoms with Gasteiger partial charge in [-0.25, -0.2) is 0 Å². The third-order valence-electron chi connectivity index (χ3n) is 3.76. The molecule has 0 spiro atoms. The average Bonchev–Trinajstić information content (AvgIpc) is 2.28. The van der Waals surface area contributed by atoms with Gasteiger partial charge in [-0.2, -0.15) is 0 Å². The lowest BCUT2D eigenvalue weighted by Crippen LogP contribution is -2.31. The fraction of sp³-hybridized carbons (Fsp3) is 0.917. The largest absolute Gasteiger partial charge is 0.469 e. The van der Waals surface area contributed by atoms with Crippen LogP contribution >= 0.6 is 0 Å². The zero-order chi connectivity index (χ0) is 11.3. The maximum atomic E-state index is 11.1. The van der Waals surface area contributed by atoms with E-state index in [4.69, 9.17) is 0 Å². The third kappa shape index (κ3) is 3.49. The normalized spacial score (nSPS) is 31.3. The van der Waals surface area contributed by atoms with E-state index >= 15 is 0 Å². The first-order valence-corrected chi connectivity index (χ1v) is 5.79. The van der Waals surface area contributed by atoms with Gasteiger partial charge in [0, 0.05) is 13.0 Å². The minimum atomic E-state index is -0.165. The molecule has 0 aromatic heterocycles. The Bertz CT molecular complexity index is 205. The number of carbonyl (C=O) groups is 1. The Hall–Kier alpha value is -0.570. The number of carbonyl (C=O) groups excluding carboxylic acids is 1. The van der Waals surface area contributed by atoms with E-state index in [9.17, 15) is 9.90 Å². The maximum Gasteiger partial charge on any atom is 0.305 e. The molecule has 1 N–H and O–H groups in total. The van der Waals surface area contributed by atoms with Crippen molar-refractivity contribution in [1.29, 1.82) is 0 Å². The first kappa shape index (κ1) is 12.5. The first-order valence-electron chi connectivity index (χ1n) is 5.79. The Balaban J connectivity index is 2.43. The molecule has 0 amide bonds. The number of hydrogen-bond donors (Lipinski definition) is 1. The molecular formula is C12H22O3. The molecule has 0 unspecified atom stereocenters. The van der Waals surface area contributed by atoms with Gasteiger partial charge in [-0.15, -0.1) is 0 Å². The van der Waals surface area contributed by atoms with Gasteiger partial charge in [0.2, 0.25) is 0 Å². The van der Waals surface area contributed by atoms with Crippen LogP contribution in [0.15, 0.2) is 0 Å². The van der Waals surface area contributed by atoms with Crippen LogP contribution in [-0.4, -0.2) is 24.8 Å². The van der Waals surface area contributed by atoms with Gasteiger partial charge >= 0.3 is 5.97 Å². The molecule has 1 saturated carbocycles. The standard InChI is InChI=1S/C12H22O3/c1-10-3-6-12(9-13,7-4-10)8-5-11(14)15-2/h10,13H,3-9H2,1-2H3. The lowest BCUT2D eigenvalue weighted by molar-refractivity contribution is -0.141. The van der Waals surface area contributed by atoms with E-state index in [-0.39, 0.29) is 18.0 Å². The molecule has 0 aromatic rings. The van der Waals surface area contributed by atoms with Gasteiger partial charge in [0.1, 0.15) is 0 Å². The number of ether oxygens (including phenoxy) is 1. The Morgan fingerprint density at radius 3 is 2.53 bits per heavy atom. The van der Waals surface area contributed by atoms with Crippen molar-refractivity contribution in [3.8, 4) is 0 Å². The topological polar surface area (TPSA) is 46.5 Å². The molecule has 0 aromatic carbocycles. The molecule has 1 fully saturated rings. The van der Waals surface area contributed by atoms with Gasteiger partial charge in [0.25, 0.3) is 0 Å². The molecule has 1 aliphatic rings. The van der Waals surface area contributed by atoms with Gasteiger partial charge in [-0.3, -0.25) is 4.79 Å². The second kappa shape index (κ2) is 5.50. The average molecular weight is 214 g/mol. The highest BCUT2D eigenvalue weighted by Gasteiger charge is 2.33. The summed E-state index contributed by atoms with van der Waals surface area (Å²) in [5.41, 5.74) is -0.0132. The molecule has 3 nitrogen and oxygen atoms in total. The molecule has 0 heterocycles. The quantitative estimate of drug-likeness (QED) is 0.729. The molecule has 0 saturated heterocycles. The van der Waals surface area contributed by atoms with Gasteiger partial charge in [0.05, 0.1) is 7.11 Å². The van der Waals surface area contributed by atoms with Crippen LogP contribution in [0.1, 0.15) is 45.4 Å². The van der Waals surface area contributed by atoms with Crippen molar-refractivity contribution in [2.24, 2.45) is 11.3 Å². The Morgan fingerprint density at radius 2 is 2.07 bits per heavy atom. The van der Waals surface area contributed by atoms with E-state index in [2.05, 4.69) is 11.7 Å². The third-order valence-corrected chi connectivity index (χ3v) is 3.76. The van der Waals surface area contributed by atoms with Crippen molar-refractivity contribution in [3.63, 3.8) is 0 Å². The van der Waals surface area contributed by atoms with Crippen LogP contribution in [0.4, 0.5) is 0 Å². The second-order valence-corrected chi connectivity index (χ2v) is 4.92. The van der Waals surface area contributed by atoms with E-state index in [1.54, 1.807) is 0 Å². The van der Waals surface area contributed by atoms with Crippen LogP contribution < -0.4 is 0 Å². The number of methoxy groups -OCH3 is 1. The molecule has 0 bridgehead atoms. The van der Waals surface area contributed by atoms with Crippen molar-refractivity contribution >= 4 is 5.97 Å². The summed E-state index contributed by atoms with van der Waals surface area (Å²) in [6, 6.07) is 0. The second-order valence-electron chi connectivity index (χ2n) is 4.92. The number of hydrogen-bond acceptors (Lipinski definition) is 3. The predicted octanol–water partition coefficient (Wildman–Crippen LogP) is 2.13. The van der Waals surface area contributed by atoms with Crippen LogP contribution in [0.2, 0.25) is 0 Å². The van der Waals surface area contributed by atoms with Gasteiger partial charge in [0.15, 0.2) is 0 Å². The van der Waals surface area contributed by atoms with Gasteiger partial charge in [-0.1, -0.05) is 19.8 Å². The van der Waals surface area contributed by atoms with E-state index in [0.717, 1.165) is 25.2 Å². The minimum absolute atomic E-state index is 0.0132. The van der Waals surface area contributed by atoms with Crippen LogP contribution in [0.3, 0.4) is 0 Å². The monoisotopic (exact) mass is 214 g/mol. The Morgan fingerprint density at radius 1 is 1.47 bits per heavy atom. The Labute approximate surface area is 91.8 Å². The highest BCUT2D eigenvalue weighted by Crippen LogP contribution is 2.41.